The van der Waals surface area contributed by atoms with E-state index in [2.05, 4.69) is 93.4 Å². The number of nitrogens with zero attached hydrogens (tertiary/aromatic N) is 4. The topological polar surface area (TPSA) is 36.6 Å². The van der Waals surface area contributed by atoms with Crippen molar-refractivity contribution in [3.63, 3.8) is 0 Å². The zero-order chi connectivity index (χ0) is 22.1. The van der Waals surface area contributed by atoms with E-state index in [0.29, 0.717) is 6.54 Å². The molecule has 0 saturated carbocycles. The fraction of sp³-hybridized carbons (Fsp3) is 0.407. The lowest BCUT2D eigenvalue weighted by Gasteiger charge is -2.36. The Labute approximate surface area is 190 Å². The highest BCUT2D eigenvalue weighted by Crippen LogP contribution is 2.28. The van der Waals surface area contributed by atoms with E-state index in [9.17, 15) is 5.11 Å². The van der Waals surface area contributed by atoms with Gasteiger partial charge in [0, 0.05) is 79.0 Å². The standard InChI is InChI=1S/C27H34N4O/c1-21-11-12-22(2)30(21)18-17-28-13-15-29(16-14-28)19-23(32)20-31-26-9-5-3-7-24(26)25-8-4-6-10-27(25)31/h3-12,23,32H,13-20H2,1-2H3. The maximum atomic E-state index is 11.0. The first kappa shape index (κ1) is 21.3. The van der Waals surface area contributed by atoms with E-state index in [1.165, 1.54) is 33.2 Å². The first-order valence-corrected chi connectivity index (χ1v) is 11.8. The van der Waals surface area contributed by atoms with Gasteiger partial charge in [-0.2, -0.15) is 0 Å². The van der Waals surface area contributed by atoms with Crippen molar-refractivity contribution in [1.29, 1.82) is 0 Å². The van der Waals surface area contributed by atoms with Gasteiger partial charge in [0.1, 0.15) is 0 Å². The molecule has 4 aromatic rings. The molecular weight excluding hydrogens is 396 g/mol. The largest absolute Gasteiger partial charge is 0.390 e. The molecule has 1 aliphatic rings. The third kappa shape index (κ3) is 4.20. The molecule has 1 atom stereocenters. The Bertz CT molecular complexity index is 1130. The number of benzene rings is 2. The predicted octanol–water partition coefficient (Wildman–Crippen LogP) is 3.89. The summed E-state index contributed by atoms with van der Waals surface area (Å²) >= 11 is 0. The summed E-state index contributed by atoms with van der Waals surface area (Å²) in [7, 11) is 0. The number of aryl methyl sites for hydroxylation is 2. The second-order valence-corrected chi connectivity index (χ2v) is 9.21. The van der Waals surface area contributed by atoms with Crippen LogP contribution in [-0.4, -0.2) is 69.4 Å². The van der Waals surface area contributed by atoms with E-state index < -0.39 is 0 Å². The van der Waals surface area contributed by atoms with Gasteiger partial charge in [0.05, 0.1) is 12.6 Å². The number of hydrogen-bond acceptors (Lipinski definition) is 3. The molecule has 1 saturated heterocycles. The summed E-state index contributed by atoms with van der Waals surface area (Å²) in [6.45, 7) is 12.1. The number of piperazine rings is 1. The minimum absolute atomic E-state index is 0.383. The molecule has 1 fully saturated rings. The minimum Gasteiger partial charge on any atom is -0.390 e. The second-order valence-electron chi connectivity index (χ2n) is 9.21. The van der Waals surface area contributed by atoms with Crippen molar-refractivity contribution < 1.29 is 5.11 Å². The number of hydrogen-bond donors (Lipinski definition) is 1. The molecule has 5 nitrogen and oxygen atoms in total. The van der Waals surface area contributed by atoms with E-state index in [1.807, 2.05) is 0 Å². The van der Waals surface area contributed by atoms with Crippen LogP contribution in [0.4, 0.5) is 0 Å². The number of aliphatic hydroxyl groups is 1. The molecule has 0 spiro atoms. The summed E-state index contributed by atoms with van der Waals surface area (Å²) < 4.78 is 4.69. The fourth-order valence-corrected chi connectivity index (χ4v) is 5.26. The van der Waals surface area contributed by atoms with Gasteiger partial charge in [0.2, 0.25) is 0 Å². The smallest absolute Gasteiger partial charge is 0.0845 e. The Balaban J connectivity index is 1.18. The van der Waals surface area contributed by atoms with Crippen LogP contribution in [0.15, 0.2) is 60.7 Å². The SMILES string of the molecule is Cc1ccc(C)n1CCN1CCN(CC(O)Cn2c3ccccc3c3ccccc32)CC1. The number of fused-ring (bicyclic) bond motifs is 3. The Morgan fingerprint density at radius 2 is 1.19 bits per heavy atom. The molecule has 1 N–H and O–H groups in total. The van der Waals surface area contributed by atoms with Crippen LogP contribution >= 0.6 is 0 Å². The van der Waals surface area contributed by atoms with Gasteiger partial charge in [-0.25, -0.2) is 0 Å². The van der Waals surface area contributed by atoms with Gasteiger partial charge < -0.3 is 14.2 Å². The molecule has 1 unspecified atom stereocenters. The van der Waals surface area contributed by atoms with Crippen LogP contribution < -0.4 is 0 Å². The molecule has 5 heteroatoms. The molecule has 1 aliphatic heterocycles. The Morgan fingerprint density at radius 1 is 0.656 bits per heavy atom. The molecular formula is C27H34N4O. The summed E-state index contributed by atoms with van der Waals surface area (Å²) in [5.74, 6) is 0. The summed E-state index contributed by atoms with van der Waals surface area (Å²) in [6, 6.07) is 21.4. The number of rotatable bonds is 7. The Morgan fingerprint density at radius 3 is 1.78 bits per heavy atom. The molecule has 2 aromatic carbocycles. The van der Waals surface area contributed by atoms with Crippen LogP contribution in [0, 0.1) is 13.8 Å². The van der Waals surface area contributed by atoms with Gasteiger partial charge >= 0.3 is 0 Å². The number of aliphatic hydroxyl groups excluding tert-OH is 1. The van der Waals surface area contributed by atoms with Crippen molar-refractivity contribution in [3.05, 3.63) is 72.1 Å². The Hall–Kier alpha value is -2.60. The van der Waals surface area contributed by atoms with E-state index in [-0.39, 0.29) is 6.10 Å². The van der Waals surface area contributed by atoms with Gasteiger partial charge in [0.15, 0.2) is 0 Å². The highest BCUT2D eigenvalue weighted by atomic mass is 16.3. The lowest BCUT2D eigenvalue weighted by molar-refractivity contribution is 0.0645. The summed E-state index contributed by atoms with van der Waals surface area (Å²) in [4.78, 5) is 4.97. The average molecular weight is 431 g/mol. The van der Waals surface area contributed by atoms with Crippen LogP contribution in [0.5, 0.6) is 0 Å². The average Bonchev–Trinajstić information content (AvgIpc) is 3.30. The van der Waals surface area contributed by atoms with Gasteiger partial charge in [-0.3, -0.25) is 9.80 Å². The van der Waals surface area contributed by atoms with Crippen molar-refractivity contribution in [2.24, 2.45) is 0 Å². The first-order chi connectivity index (χ1) is 15.6. The van der Waals surface area contributed by atoms with Crippen LogP contribution in [0.3, 0.4) is 0 Å². The highest BCUT2D eigenvalue weighted by molar-refractivity contribution is 6.07. The maximum Gasteiger partial charge on any atom is 0.0845 e. The normalized spacial score (nSPS) is 16.8. The number of aromatic nitrogens is 2. The van der Waals surface area contributed by atoms with Crippen molar-refractivity contribution >= 4 is 21.8 Å². The highest BCUT2D eigenvalue weighted by Gasteiger charge is 2.20. The van der Waals surface area contributed by atoms with Crippen LogP contribution in [0.2, 0.25) is 0 Å². The molecule has 0 radical (unpaired) electrons. The monoisotopic (exact) mass is 430 g/mol. The van der Waals surface area contributed by atoms with E-state index in [1.54, 1.807) is 0 Å². The molecule has 32 heavy (non-hydrogen) atoms. The molecule has 168 valence electrons. The van der Waals surface area contributed by atoms with Crippen molar-refractivity contribution in [1.82, 2.24) is 18.9 Å². The van der Waals surface area contributed by atoms with Crippen molar-refractivity contribution in [3.8, 4) is 0 Å². The van der Waals surface area contributed by atoms with Gasteiger partial charge in [-0.1, -0.05) is 36.4 Å². The van der Waals surface area contributed by atoms with Crippen LogP contribution in [0.25, 0.3) is 21.8 Å². The predicted molar refractivity (Wildman–Crippen MR) is 132 cm³/mol. The zero-order valence-electron chi connectivity index (χ0n) is 19.2. The van der Waals surface area contributed by atoms with E-state index in [0.717, 1.165) is 45.8 Å². The van der Waals surface area contributed by atoms with Crippen molar-refractivity contribution in [2.75, 3.05) is 39.3 Å². The fourth-order valence-electron chi connectivity index (χ4n) is 5.26. The van der Waals surface area contributed by atoms with Gasteiger partial charge in [0.25, 0.3) is 0 Å². The van der Waals surface area contributed by atoms with E-state index >= 15 is 0 Å². The lowest BCUT2D eigenvalue weighted by Crippen LogP contribution is -2.49. The maximum absolute atomic E-state index is 11.0. The minimum atomic E-state index is -0.383. The summed E-state index contributed by atoms with van der Waals surface area (Å²) in [5, 5.41) is 13.5. The van der Waals surface area contributed by atoms with Gasteiger partial charge in [-0.15, -0.1) is 0 Å². The lowest BCUT2D eigenvalue weighted by atomic mass is 10.2. The molecule has 2 aromatic heterocycles. The Kier molecular flexibility index (Phi) is 6.05. The van der Waals surface area contributed by atoms with Crippen LogP contribution in [-0.2, 0) is 13.1 Å². The number of para-hydroxylation sites is 2. The quantitative estimate of drug-likeness (QED) is 0.483. The third-order valence-electron chi connectivity index (χ3n) is 7.06. The summed E-state index contributed by atoms with van der Waals surface area (Å²) in [6.07, 6.45) is -0.383. The molecule has 0 aliphatic carbocycles. The summed E-state index contributed by atoms with van der Waals surface area (Å²) in [5.41, 5.74) is 5.09. The first-order valence-electron chi connectivity index (χ1n) is 11.8. The number of β-amino-alcohol motifs (C(OH)–C–C–N with tert-alkyl or cyclic N) is 1. The molecule has 0 amide bonds. The molecule has 3 heterocycles. The second kappa shape index (κ2) is 9.10. The van der Waals surface area contributed by atoms with Gasteiger partial charge in [-0.05, 0) is 38.1 Å². The van der Waals surface area contributed by atoms with E-state index in [4.69, 9.17) is 0 Å². The zero-order valence-corrected chi connectivity index (χ0v) is 19.2. The van der Waals surface area contributed by atoms with Crippen molar-refractivity contribution in [2.45, 2.75) is 33.0 Å². The molecule has 0 bridgehead atoms. The molecule has 5 rings (SSSR count). The third-order valence-corrected chi connectivity index (χ3v) is 7.06. The van der Waals surface area contributed by atoms with Crippen LogP contribution in [0.1, 0.15) is 11.4 Å².